The second-order valence-corrected chi connectivity index (χ2v) is 5.95. The van der Waals surface area contributed by atoms with Gasteiger partial charge in [0.05, 0.1) is 10.6 Å². The number of oxazole rings is 1. The first-order valence-corrected chi connectivity index (χ1v) is 6.67. The van der Waals surface area contributed by atoms with Crippen molar-refractivity contribution in [1.29, 1.82) is 0 Å². The quantitative estimate of drug-likeness (QED) is 0.717. The number of anilines is 1. The summed E-state index contributed by atoms with van der Waals surface area (Å²) in [6.45, 7) is 3.96. The fraction of sp³-hybridized carbons (Fsp3) is 0.154. The SMILES string of the molecule is Cc1cc(-c2nc3cc(Cl)cc(C)c3o2)c(N)s1. The third-order valence-electron chi connectivity index (χ3n) is 2.75. The summed E-state index contributed by atoms with van der Waals surface area (Å²) in [6.07, 6.45) is 0. The van der Waals surface area contributed by atoms with Crippen LogP contribution in [0.25, 0.3) is 22.6 Å². The first-order chi connectivity index (χ1) is 8.54. The summed E-state index contributed by atoms with van der Waals surface area (Å²) in [5.74, 6) is 0.553. The Balaban J connectivity index is 2.25. The van der Waals surface area contributed by atoms with E-state index in [4.69, 9.17) is 21.8 Å². The summed E-state index contributed by atoms with van der Waals surface area (Å²) < 4.78 is 5.79. The molecule has 0 saturated heterocycles. The van der Waals surface area contributed by atoms with Gasteiger partial charge in [0.15, 0.2) is 5.58 Å². The minimum atomic E-state index is 0.553. The predicted molar refractivity (Wildman–Crippen MR) is 76.2 cm³/mol. The number of nitrogens with zero attached hydrogens (tertiary/aromatic N) is 1. The van der Waals surface area contributed by atoms with Crippen LogP contribution in [0.3, 0.4) is 0 Å². The maximum Gasteiger partial charge on any atom is 0.230 e. The molecule has 2 heterocycles. The fourth-order valence-electron chi connectivity index (χ4n) is 1.97. The van der Waals surface area contributed by atoms with Gasteiger partial charge < -0.3 is 10.2 Å². The van der Waals surface area contributed by atoms with Crippen molar-refractivity contribution in [2.75, 3.05) is 5.73 Å². The van der Waals surface area contributed by atoms with Crippen molar-refractivity contribution in [3.05, 3.63) is 33.7 Å². The van der Waals surface area contributed by atoms with E-state index in [1.807, 2.05) is 26.0 Å². The Kier molecular flexibility index (Phi) is 2.57. The highest BCUT2D eigenvalue weighted by molar-refractivity contribution is 7.16. The molecule has 0 bridgehead atoms. The van der Waals surface area contributed by atoms with Crippen LogP contribution in [0.2, 0.25) is 5.02 Å². The molecule has 2 N–H and O–H groups in total. The highest BCUT2D eigenvalue weighted by Crippen LogP contribution is 2.35. The number of aromatic nitrogens is 1. The minimum Gasteiger partial charge on any atom is -0.436 e. The molecule has 0 amide bonds. The molecule has 2 aromatic heterocycles. The molecule has 0 radical (unpaired) electrons. The molecule has 1 aromatic carbocycles. The minimum absolute atomic E-state index is 0.553. The molecule has 0 atom stereocenters. The third-order valence-corrected chi connectivity index (χ3v) is 3.85. The van der Waals surface area contributed by atoms with Crippen LogP contribution in [0.15, 0.2) is 22.6 Å². The number of aryl methyl sites for hydroxylation is 2. The van der Waals surface area contributed by atoms with Crippen molar-refractivity contribution in [3.63, 3.8) is 0 Å². The van der Waals surface area contributed by atoms with Crippen molar-refractivity contribution in [3.8, 4) is 11.5 Å². The number of thiophene rings is 1. The van der Waals surface area contributed by atoms with Crippen LogP contribution in [0.4, 0.5) is 5.00 Å². The van der Waals surface area contributed by atoms with Gasteiger partial charge in [0, 0.05) is 9.90 Å². The molecule has 5 heteroatoms. The number of fused-ring (bicyclic) bond motifs is 1. The number of rotatable bonds is 1. The molecule has 0 saturated carbocycles. The van der Waals surface area contributed by atoms with E-state index in [0.717, 1.165) is 32.1 Å². The molecule has 92 valence electrons. The molecule has 0 unspecified atom stereocenters. The molecule has 0 spiro atoms. The zero-order valence-electron chi connectivity index (χ0n) is 9.95. The van der Waals surface area contributed by atoms with Gasteiger partial charge >= 0.3 is 0 Å². The Labute approximate surface area is 113 Å². The van der Waals surface area contributed by atoms with Gasteiger partial charge in [-0.1, -0.05) is 11.6 Å². The summed E-state index contributed by atoms with van der Waals surface area (Å²) in [5.41, 5.74) is 9.30. The van der Waals surface area contributed by atoms with Gasteiger partial charge in [0.2, 0.25) is 5.89 Å². The van der Waals surface area contributed by atoms with Gasteiger partial charge in [-0.3, -0.25) is 0 Å². The number of hydrogen-bond acceptors (Lipinski definition) is 4. The lowest BCUT2D eigenvalue weighted by molar-refractivity contribution is 0.618. The van der Waals surface area contributed by atoms with Crippen LogP contribution in [0, 0.1) is 13.8 Å². The average molecular weight is 279 g/mol. The van der Waals surface area contributed by atoms with Crippen LogP contribution < -0.4 is 5.73 Å². The topological polar surface area (TPSA) is 52.0 Å². The number of benzene rings is 1. The van der Waals surface area contributed by atoms with Crippen LogP contribution in [-0.4, -0.2) is 4.98 Å². The molecule has 3 aromatic rings. The Morgan fingerprint density at radius 1 is 1.28 bits per heavy atom. The largest absolute Gasteiger partial charge is 0.436 e. The van der Waals surface area contributed by atoms with Crippen molar-refractivity contribution < 1.29 is 4.42 Å². The molecular weight excluding hydrogens is 268 g/mol. The smallest absolute Gasteiger partial charge is 0.230 e. The lowest BCUT2D eigenvalue weighted by Gasteiger charge is -1.93. The Morgan fingerprint density at radius 3 is 2.72 bits per heavy atom. The molecule has 3 rings (SSSR count). The number of nitrogen functional groups attached to an aromatic ring is 1. The van der Waals surface area contributed by atoms with E-state index in [9.17, 15) is 0 Å². The van der Waals surface area contributed by atoms with E-state index in [-0.39, 0.29) is 0 Å². The number of nitrogens with two attached hydrogens (primary N) is 1. The molecule has 0 aliphatic heterocycles. The van der Waals surface area contributed by atoms with Gasteiger partial charge in [-0.05, 0) is 37.6 Å². The summed E-state index contributed by atoms with van der Waals surface area (Å²) in [4.78, 5) is 5.59. The van der Waals surface area contributed by atoms with Crippen LogP contribution >= 0.6 is 22.9 Å². The summed E-state index contributed by atoms with van der Waals surface area (Å²) in [6, 6.07) is 5.65. The highest BCUT2D eigenvalue weighted by atomic mass is 35.5. The third kappa shape index (κ3) is 1.78. The van der Waals surface area contributed by atoms with E-state index in [0.29, 0.717) is 10.9 Å². The number of halogens is 1. The highest BCUT2D eigenvalue weighted by Gasteiger charge is 2.15. The lowest BCUT2D eigenvalue weighted by Crippen LogP contribution is -1.82. The first kappa shape index (κ1) is 11.6. The fourth-order valence-corrected chi connectivity index (χ4v) is 3.02. The van der Waals surface area contributed by atoms with Crippen LogP contribution in [0.5, 0.6) is 0 Å². The lowest BCUT2D eigenvalue weighted by atomic mass is 10.2. The Bertz CT molecular complexity index is 745. The predicted octanol–water partition coefficient (Wildman–Crippen LogP) is 4.41. The van der Waals surface area contributed by atoms with E-state index < -0.39 is 0 Å². The Hall–Kier alpha value is -1.52. The second kappa shape index (κ2) is 4.00. The first-order valence-electron chi connectivity index (χ1n) is 5.47. The summed E-state index contributed by atoms with van der Waals surface area (Å²) in [7, 11) is 0. The normalized spacial score (nSPS) is 11.3. The summed E-state index contributed by atoms with van der Waals surface area (Å²) >= 11 is 7.54. The molecule has 3 nitrogen and oxygen atoms in total. The molecule has 18 heavy (non-hydrogen) atoms. The Morgan fingerprint density at radius 2 is 2.06 bits per heavy atom. The van der Waals surface area contributed by atoms with Gasteiger partial charge in [0.1, 0.15) is 5.52 Å². The monoisotopic (exact) mass is 278 g/mol. The molecular formula is C13H11ClN2OS. The van der Waals surface area contributed by atoms with Gasteiger partial charge in [-0.15, -0.1) is 11.3 Å². The molecule has 0 aliphatic rings. The maximum absolute atomic E-state index is 6.01. The van der Waals surface area contributed by atoms with E-state index >= 15 is 0 Å². The number of hydrogen-bond donors (Lipinski definition) is 1. The average Bonchev–Trinajstić information content (AvgIpc) is 2.81. The zero-order chi connectivity index (χ0) is 12.9. The standard InChI is InChI=1S/C13H11ClN2OS/c1-6-3-8(14)5-10-11(6)17-13(16-10)9-4-7(2)18-12(9)15/h3-5H,15H2,1-2H3. The van der Waals surface area contributed by atoms with Crippen LogP contribution in [0.1, 0.15) is 10.4 Å². The van der Waals surface area contributed by atoms with Gasteiger partial charge in [-0.2, -0.15) is 0 Å². The molecule has 0 fully saturated rings. The summed E-state index contributed by atoms with van der Waals surface area (Å²) in [5, 5.41) is 1.39. The second-order valence-electron chi connectivity index (χ2n) is 4.22. The van der Waals surface area contributed by atoms with Crippen molar-refractivity contribution in [2.24, 2.45) is 0 Å². The van der Waals surface area contributed by atoms with Crippen LogP contribution in [-0.2, 0) is 0 Å². The van der Waals surface area contributed by atoms with Gasteiger partial charge in [-0.25, -0.2) is 4.98 Å². The maximum atomic E-state index is 6.01. The van der Waals surface area contributed by atoms with E-state index in [1.54, 1.807) is 6.07 Å². The van der Waals surface area contributed by atoms with Gasteiger partial charge in [0.25, 0.3) is 0 Å². The molecule has 0 aliphatic carbocycles. The zero-order valence-corrected chi connectivity index (χ0v) is 11.5. The van der Waals surface area contributed by atoms with E-state index in [2.05, 4.69) is 4.98 Å². The van der Waals surface area contributed by atoms with Crippen molar-refractivity contribution in [1.82, 2.24) is 4.98 Å². The van der Waals surface area contributed by atoms with Crippen molar-refractivity contribution in [2.45, 2.75) is 13.8 Å². The van der Waals surface area contributed by atoms with Crippen molar-refractivity contribution >= 4 is 39.0 Å². The van der Waals surface area contributed by atoms with E-state index in [1.165, 1.54) is 11.3 Å².